The lowest BCUT2D eigenvalue weighted by molar-refractivity contribution is 0.0656. The second-order valence-electron chi connectivity index (χ2n) is 3.83. The predicted octanol–water partition coefficient (Wildman–Crippen LogP) is 2.09. The first-order valence-electron chi connectivity index (χ1n) is 5.33. The number of rotatable bonds is 3. The molecule has 2 heterocycles. The third-order valence-corrected chi connectivity index (χ3v) is 3.79. The van der Waals surface area contributed by atoms with Crippen molar-refractivity contribution in [3.05, 3.63) is 23.7 Å². The Morgan fingerprint density at radius 1 is 1.50 bits per heavy atom. The first kappa shape index (κ1) is 11.5. The second-order valence-corrected chi connectivity index (χ2v) is 5.06. The van der Waals surface area contributed by atoms with Gasteiger partial charge in [0.1, 0.15) is 5.76 Å². The fourth-order valence-corrected chi connectivity index (χ4v) is 2.77. The standard InChI is InChI=1S/C11H15NO3S/c1-8(12-4-6-16-7-5-12)9-2-3-10(15-9)11(13)14/h2-3,8H,4-7H2,1H3,(H,13,14). The van der Waals surface area contributed by atoms with Gasteiger partial charge in [-0.2, -0.15) is 11.8 Å². The van der Waals surface area contributed by atoms with Gasteiger partial charge in [0.15, 0.2) is 0 Å². The molecule has 1 aliphatic heterocycles. The van der Waals surface area contributed by atoms with Crippen LogP contribution < -0.4 is 0 Å². The van der Waals surface area contributed by atoms with Crippen LogP contribution in [0.2, 0.25) is 0 Å². The number of hydrogen-bond acceptors (Lipinski definition) is 4. The van der Waals surface area contributed by atoms with Gasteiger partial charge in [0.2, 0.25) is 5.76 Å². The van der Waals surface area contributed by atoms with Crippen molar-refractivity contribution in [2.75, 3.05) is 24.6 Å². The van der Waals surface area contributed by atoms with Crippen molar-refractivity contribution in [2.45, 2.75) is 13.0 Å². The molecule has 2 rings (SSSR count). The molecule has 0 spiro atoms. The number of furan rings is 1. The molecule has 1 unspecified atom stereocenters. The van der Waals surface area contributed by atoms with E-state index < -0.39 is 5.97 Å². The van der Waals surface area contributed by atoms with Gasteiger partial charge in [0.25, 0.3) is 0 Å². The molecule has 5 heteroatoms. The van der Waals surface area contributed by atoms with Crippen LogP contribution in [0.3, 0.4) is 0 Å². The Kier molecular flexibility index (Phi) is 3.56. The summed E-state index contributed by atoms with van der Waals surface area (Å²) in [4.78, 5) is 13.0. The molecule has 0 bridgehead atoms. The van der Waals surface area contributed by atoms with Crippen molar-refractivity contribution in [3.8, 4) is 0 Å². The minimum absolute atomic E-state index is 0.0215. The maximum atomic E-state index is 10.7. The summed E-state index contributed by atoms with van der Waals surface area (Å²) in [5.74, 6) is 2.03. The van der Waals surface area contributed by atoms with Gasteiger partial charge in [-0.1, -0.05) is 0 Å². The highest BCUT2D eigenvalue weighted by Crippen LogP contribution is 2.25. The number of nitrogens with zero attached hydrogens (tertiary/aromatic N) is 1. The molecular formula is C11H15NO3S. The van der Waals surface area contributed by atoms with E-state index in [-0.39, 0.29) is 11.8 Å². The zero-order chi connectivity index (χ0) is 11.5. The van der Waals surface area contributed by atoms with Gasteiger partial charge in [0, 0.05) is 24.6 Å². The molecule has 0 saturated carbocycles. The lowest BCUT2D eigenvalue weighted by Gasteiger charge is -2.30. The second kappa shape index (κ2) is 4.93. The largest absolute Gasteiger partial charge is 0.475 e. The zero-order valence-electron chi connectivity index (χ0n) is 9.18. The van der Waals surface area contributed by atoms with Gasteiger partial charge >= 0.3 is 5.97 Å². The van der Waals surface area contributed by atoms with Crippen LogP contribution >= 0.6 is 11.8 Å². The van der Waals surface area contributed by atoms with Gasteiger partial charge in [0.05, 0.1) is 6.04 Å². The van der Waals surface area contributed by atoms with Crippen molar-refractivity contribution in [1.82, 2.24) is 4.90 Å². The molecule has 4 nitrogen and oxygen atoms in total. The van der Waals surface area contributed by atoms with Crippen molar-refractivity contribution in [2.24, 2.45) is 0 Å². The highest BCUT2D eigenvalue weighted by Gasteiger charge is 2.21. The zero-order valence-corrected chi connectivity index (χ0v) is 10.00. The molecule has 1 aromatic heterocycles. The number of carboxylic acids is 1. The third-order valence-electron chi connectivity index (χ3n) is 2.84. The topological polar surface area (TPSA) is 53.7 Å². The molecule has 0 amide bonds. The first-order chi connectivity index (χ1) is 7.68. The van der Waals surface area contributed by atoms with E-state index in [1.165, 1.54) is 6.07 Å². The predicted molar refractivity (Wildman–Crippen MR) is 63.0 cm³/mol. The van der Waals surface area contributed by atoms with Crippen LogP contribution in [0.4, 0.5) is 0 Å². The Labute approximate surface area is 98.6 Å². The van der Waals surface area contributed by atoms with Gasteiger partial charge in [-0.15, -0.1) is 0 Å². The SMILES string of the molecule is CC(c1ccc(C(=O)O)o1)N1CCSCC1. The smallest absolute Gasteiger partial charge is 0.371 e. The van der Waals surface area contributed by atoms with Crippen LogP contribution in [-0.4, -0.2) is 40.6 Å². The molecule has 1 saturated heterocycles. The Balaban J connectivity index is 2.07. The van der Waals surface area contributed by atoms with E-state index >= 15 is 0 Å². The average Bonchev–Trinajstić information content (AvgIpc) is 2.78. The molecular weight excluding hydrogens is 226 g/mol. The number of carboxylic acid groups (broad SMARTS) is 1. The molecule has 0 aliphatic carbocycles. The Hall–Kier alpha value is -0.940. The summed E-state index contributed by atoms with van der Waals surface area (Å²) in [6, 6.07) is 3.44. The minimum atomic E-state index is -1.01. The monoisotopic (exact) mass is 241 g/mol. The van der Waals surface area contributed by atoms with Crippen LogP contribution in [0.15, 0.2) is 16.5 Å². The van der Waals surface area contributed by atoms with Crippen LogP contribution in [0.1, 0.15) is 29.3 Å². The lowest BCUT2D eigenvalue weighted by atomic mass is 10.2. The molecule has 88 valence electrons. The van der Waals surface area contributed by atoms with Crippen LogP contribution in [0, 0.1) is 0 Å². The molecule has 16 heavy (non-hydrogen) atoms. The molecule has 1 fully saturated rings. The van der Waals surface area contributed by atoms with Crippen LogP contribution in [0.25, 0.3) is 0 Å². The van der Waals surface area contributed by atoms with Crippen LogP contribution in [0.5, 0.6) is 0 Å². The summed E-state index contributed by atoms with van der Waals surface area (Å²) in [7, 11) is 0. The molecule has 1 aromatic rings. The quantitative estimate of drug-likeness (QED) is 0.878. The molecule has 0 aromatic carbocycles. The van der Waals surface area contributed by atoms with Crippen molar-refractivity contribution >= 4 is 17.7 Å². The Morgan fingerprint density at radius 3 is 2.75 bits per heavy atom. The number of hydrogen-bond donors (Lipinski definition) is 1. The Morgan fingerprint density at radius 2 is 2.19 bits per heavy atom. The van der Waals surface area contributed by atoms with Gasteiger partial charge < -0.3 is 9.52 Å². The highest BCUT2D eigenvalue weighted by molar-refractivity contribution is 7.99. The maximum absolute atomic E-state index is 10.7. The van der Waals surface area contributed by atoms with Crippen molar-refractivity contribution < 1.29 is 14.3 Å². The number of aromatic carboxylic acids is 1. The van der Waals surface area contributed by atoms with E-state index in [1.54, 1.807) is 6.07 Å². The van der Waals surface area contributed by atoms with Gasteiger partial charge in [-0.3, -0.25) is 4.90 Å². The molecule has 1 N–H and O–H groups in total. The van der Waals surface area contributed by atoms with Gasteiger partial charge in [-0.05, 0) is 19.1 Å². The first-order valence-corrected chi connectivity index (χ1v) is 6.49. The fraction of sp³-hybridized carbons (Fsp3) is 0.545. The minimum Gasteiger partial charge on any atom is -0.475 e. The van der Waals surface area contributed by atoms with Crippen molar-refractivity contribution in [1.29, 1.82) is 0 Å². The molecule has 1 atom stereocenters. The summed E-state index contributed by atoms with van der Waals surface area (Å²) < 4.78 is 5.31. The van der Waals surface area contributed by atoms with Crippen LogP contribution in [-0.2, 0) is 0 Å². The van der Waals surface area contributed by atoms with E-state index in [0.717, 1.165) is 30.4 Å². The summed E-state index contributed by atoms with van der Waals surface area (Å²) in [5.41, 5.74) is 0. The van der Waals surface area contributed by atoms with E-state index in [0.29, 0.717) is 0 Å². The van der Waals surface area contributed by atoms with Crippen molar-refractivity contribution in [3.63, 3.8) is 0 Å². The van der Waals surface area contributed by atoms with E-state index in [4.69, 9.17) is 9.52 Å². The molecule has 1 aliphatic rings. The third kappa shape index (κ3) is 2.41. The maximum Gasteiger partial charge on any atom is 0.371 e. The highest BCUT2D eigenvalue weighted by atomic mass is 32.2. The number of thioether (sulfide) groups is 1. The van der Waals surface area contributed by atoms with Gasteiger partial charge in [-0.25, -0.2) is 4.79 Å². The number of carbonyl (C=O) groups is 1. The summed E-state index contributed by atoms with van der Waals surface area (Å²) in [6.07, 6.45) is 0. The average molecular weight is 241 g/mol. The fourth-order valence-electron chi connectivity index (χ4n) is 1.84. The van der Waals surface area contributed by atoms with E-state index in [1.807, 2.05) is 11.8 Å². The summed E-state index contributed by atoms with van der Waals surface area (Å²) >= 11 is 1.95. The normalized spacial score (nSPS) is 19.6. The lowest BCUT2D eigenvalue weighted by Crippen LogP contribution is -2.34. The van der Waals surface area contributed by atoms with E-state index in [9.17, 15) is 4.79 Å². The van der Waals surface area contributed by atoms with E-state index in [2.05, 4.69) is 11.8 Å². The Bertz CT molecular complexity index is 371. The summed E-state index contributed by atoms with van der Waals surface area (Å²) in [5, 5.41) is 8.78. The molecule has 0 radical (unpaired) electrons. The summed E-state index contributed by atoms with van der Waals surface area (Å²) in [6.45, 7) is 4.13.